The fourth-order valence-corrected chi connectivity index (χ4v) is 8.27. The summed E-state index contributed by atoms with van der Waals surface area (Å²) < 4.78 is 27.9. The van der Waals surface area contributed by atoms with E-state index in [0.717, 1.165) is 45.8 Å². The van der Waals surface area contributed by atoms with Crippen molar-refractivity contribution in [2.45, 2.75) is 144 Å². The molecule has 1 atom stereocenters. The lowest BCUT2D eigenvalue weighted by atomic mass is 9.96. The molecular formula is C86H123Br2N5O16. The SMILES string of the molecule is CBr.CBr.CCC(CN1CCCC1)c1ccccc1.CCN.CCNC(=O)OC(C)(C)C.CCNC(=O)OC(C)(C)C.COC(=O)Cc1ccccc1.COC(=O)Cc1ccccc1.COC(=O)Cc1ccccc1.COC(=O)Cc1ccccc1.O=C(O)Cc1ccccc1.O=C(O)Cc1ccccc1.[C-]#[N+]C. The summed E-state index contributed by atoms with van der Waals surface area (Å²) in [6, 6.07) is 67.3. The predicted molar refractivity (Wildman–Crippen MR) is 446 cm³/mol. The Morgan fingerprint density at radius 2 is 0.633 bits per heavy atom. The minimum atomic E-state index is -0.786. The van der Waals surface area contributed by atoms with Crippen LogP contribution < -0.4 is 16.4 Å². The maximum atomic E-state index is 10.8. The number of methoxy groups -OCH3 is 4. The molecule has 2 amide bonds. The molecule has 0 saturated carbocycles. The summed E-state index contributed by atoms with van der Waals surface area (Å²) in [5.41, 5.74) is 11.2. The standard InChI is InChI=1S/C14H21N.4C9H10O2.2C8H8O2.2C7H15NO2.C2H3N.C2H7N.2CH3Br/c1-2-13(12-15-10-6-7-11-15)14-8-4-3-5-9-14;4*1-11-9(10)7-8-5-3-2-4-6-8;2*9-8(10)6-7-4-2-1-3-5-7;2*1-5-8-6(9)10-7(2,3)4;1-3-2;1-2-3;2*1-2/h3-5,8-9,13H,2,6-7,10-12H2,1H3;4*2-6H,7H2,1H3;2*1-5H,6H2,(H,9,10);2*5H2,1-4H3,(H,8,9);1H3;2-3H2,1H3;2*1H3. The number of likely N-dealkylation sites (tertiary alicyclic amines) is 1. The summed E-state index contributed by atoms with van der Waals surface area (Å²) in [6.45, 7) is 30.6. The number of nitrogens with two attached hydrogens (primary N) is 1. The van der Waals surface area contributed by atoms with E-state index in [1.165, 1.54) is 79.9 Å². The molecule has 0 aromatic heterocycles. The monoisotopic (exact) mass is 1640 g/mol. The largest absolute Gasteiger partial charge is 0.481 e. The fourth-order valence-electron chi connectivity index (χ4n) is 8.27. The quantitative estimate of drug-likeness (QED) is 0.0231. The number of nitrogens with one attached hydrogen (secondary N) is 2. The molecule has 1 heterocycles. The van der Waals surface area contributed by atoms with Crippen LogP contribution in [0.15, 0.2) is 212 Å². The zero-order valence-corrected chi connectivity index (χ0v) is 70.4. The van der Waals surface area contributed by atoms with Crippen molar-refractivity contribution in [3.63, 3.8) is 0 Å². The van der Waals surface area contributed by atoms with Gasteiger partial charge in [0.15, 0.2) is 0 Å². The number of benzene rings is 7. The molecule has 1 aliphatic heterocycles. The van der Waals surface area contributed by atoms with Crippen molar-refractivity contribution in [2.24, 2.45) is 5.73 Å². The van der Waals surface area contributed by atoms with Crippen molar-refractivity contribution in [3.05, 3.63) is 263 Å². The molecule has 0 radical (unpaired) electrons. The van der Waals surface area contributed by atoms with Crippen molar-refractivity contribution in [2.75, 3.05) is 86.4 Å². The van der Waals surface area contributed by atoms with E-state index in [2.05, 4.69) is 108 Å². The van der Waals surface area contributed by atoms with Gasteiger partial charge in [0.05, 0.1) is 67.0 Å². The van der Waals surface area contributed by atoms with E-state index in [9.17, 15) is 38.4 Å². The molecule has 7 aromatic rings. The van der Waals surface area contributed by atoms with E-state index in [1.54, 1.807) is 24.3 Å². The third-order valence-corrected chi connectivity index (χ3v) is 13.0. The number of esters is 4. The van der Waals surface area contributed by atoms with E-state index in [0.29, 0.717) is 38.8 Å². The molecule has 21 nitrogen and oxygen atoms in total. The maximum absolute atomic E-state index is 10.8. The second-order valence-electron chi connectivity index (χ2n) is 24.3. The zero-order valence-electron chi connectivity index (χ0n) is 67.2. The molecule has 1 saturated heterocycles. The van der Waals surface area contributed by atoms with Crippen LogP contribution in [0, 0.1) is 6.57 Å². The van der Waals surface area contributed by atoms with Gasteiger partial charge in [-0.15, -0.1) is 0 Å². The van der Waals surface area contributed by atoms with Gasteiger partial charge in [0.2, 0.25) is 7.05 Å². The average molecular weight is 1640 g/mol. The summed E-state index contributed by atoms with van der Waals surface area (Å²) in [7, 11) is 6.99. The third-order valence-electron chi connectivity index (χ3n) is 13.0. The fraction of sp³-hybridized carbons (Fsp3) is 0.407. The number of rotatable bonds is 18. The van der Waals surface area contributed by atoms with Crippen LogP contribution in [-0.2, 0) is 95.7 Å². The lowest BCUT2D eigenvalue weighted by molar-refractivity contribution is -0.140. The Kier molecular flexibility index (Phi) is 73.0. The van der Waals surface area contributed by atoms with Crippen LogP contribution in [0.5, 0.6) is 0 Å². The number of carboxylic acids is 2. The number of carbonyl (C=O) groups excluding carboxylic acids is 6. The van der Waals surface area contributed by atoms with Gasteiger partial charge in [-0.1, -0.05) is 258 Å². The van der Waals surface area contributed by atoms with Gasteiger partial charge in [-0.05, 0) is 151 Å². The van der Waals surface area contributed by atoms with Gasteiger partial charge in [0.25, 0.3) is 0 Å². The molecule has 8 rings (SSSR count). The molecule has 0 aliphatic carbocycles. The maximum Gasteiger partial charge on any atom is 0.407 e. The Balaban J connectivity index is -0.000000367. The Hall–Kier alpha value is -9.73. The summed E-state index contributed by atoms with van der Waals surface area (Å²) >= 11 is 5.88. The number of alkyl carbamates (subject to hydrolysis) is 2. The molecule has 0 bridgehead atoms. The van der Waals surface area contributed by atoms with Crippen LogP contribution in [0.1, 0.15) is 133 Å². The number of hydrogen-bond acceptors (Lipinski definition) is 16. The van der Waals surface area contributed by atoms with Crippen molar-refractivity contribution >= 4 is 79.9 Å². The van der Waals surface area contributed by atoms with Gasteiger partial charge in [-0.2, -0.15) is 0 Å². The summed E-state index contributed by atoms with van der Waals surface area (Å²) in [5, 5.41) is 21.8. The van der Waals surface area contributed by atoms with Crippen molar-refractivity contribution < 1.29 is 77.0 Å². The Bertz CT molecular complexity index is 3080. The number of alkyl halides is 2. The first-order valence-electron chi connectivity index (χ1n) is 35.4. The molecule has 1 unspecified atom stereocenters. The molecule has 109 heavy (non-hydrogen) atoms. The number of aliphatic carboxylic acids is 2. The van der Waals surface area contributed by atoms with Crippen molar-refractivity contribution in [1.82, 2.24) is 15.5 Å². The number of carboxylic acid groups (broad SMARTS) is 2. The highest BCUT2D eigenvalue weighted by Gasteiger charge is 2.18. The third kappa shape index (κ3) is 73.6. The van der Waals surface area contributed by atoms with E-state index in [4.69, 9.17) is 32.0 Å². The predicted octanol–water partition coefficient (Wildman–Crippen LogP) is 17.1. The summed E-state index contributed by atoms with van der Waals surface area (Å²) in [4.78, 5) is 90.2. The number of amides is 2. The van der Waals surface area contributed by atoms with Gasteiger partial charge in [-0.3, -0.25) is 28.8 Å². The lowest BCUT2D eigenvalue weighted by Crippen LogP contribution is -2.32. The Morgan fingerprint density at radius 3 is 0.807 bits per heavy atom. The smallest absolute Gasteiger partial charge is 0.407 e. The number of carbonyl (C=O) groups is 8. The van der Waals surface area contributed by atoms with Crippen LogP contribution in [0.3, 0.4) is 0 Å². The van der Waals surface area contributed by atoms with E-state index in [-0.39, 0.29) is 60.1 Å². The minimum Gasteiger partial charge on any atom is -0.481 e. The topological polar surface area (TPSA) is 290 Å². The normalized spacial score (nSPS) is 10.4. The molecule has 1 fully saturated rings. The van der Waals surface area contributed by atoms with Gasteiger partial charge < -0.3 is 64.7 Å². The Morgan fingerprint density at radius 1 is 0.431 bits per heavy atom. The first kappa shape index (κ1) is 108. The van der Waals surface area contributed by atoms with E-state index < -0.39 is 11.9 Å². The highest BCUT2D eigenvalue weighted by molar-refractivity contribution is 9.09. The number of nitrogens with zero attached hydrogens (tertiary/aromatic N) is 2. The Labute approximate surface area is 667 Å². The molecule has 7 aromatic carbocycles. The average Bonchev–Trinajstić information content (AvgIpc) is 1.86. The molecule has 1 aliphatic rings. The van der Waals surface area contributed by atoms with Crippen LogP contribution in [0.2, 0.25) is 0 Å². The summed E-state index contributed by atoms with van der Waals surface area (Å²) in [6.07, 6.45) is 4.99. The molecular weight excluding hydrogens is 1520 g/mol. The van der Waals surface area contributed by atoms with E-state index >= 15 is 0 Å². The first-order valence-corrected chi connectivity index (χ1v) is 38.6. The second-order valence-corrected chi connectivity index (χ2v) is 24.3. The van der Waals surface area contributed by atoms with Crippen LogP contribution in [-0.4, -0.2) is 161 Å². The van der Waals surface area contributed by atoms with Gasteiger partial charge in [0.1, 0.15) is 11.2 Å². The molecule has 0 spiro atoms. The van der Waals surface area contributed by atoms with Gasteiger partial charge in [0, 0.05) is 19.6 Å². The summed E-state index contributed by atoms with van der Waals surface area (Å²) in [5.74, 6) is 1.99. The molecule has 23 heteroatoms. The highest BCUT2D eigenvalue weighted by Crippen LogP contribution is 2.22. The number of halogens is 2. The highest BCUT2D eigenvalue weighted by atomic mass is 79.9. The second kappa shape index (κ2) is 73.8. The zero-order chi connectivity index (χ0) is 83.5. The van der Waals surface area contributed by atoms with Crippen LogP contribution in [0.25, 0.3) is 4.85 Å². The van der Waals surface area contributed by atoms with Crippen LogP contribution in [0.4, 0.5) is 9.59 Å². The van der Waals surface area contributed by atoms with Crippen LogP contribution >= 0.6 is 31.9 Å². The lowest BCUT2D eigenvalue weighted by Gasteiger charge is -2.22. The van der Waals surface area contributed by atoms with E-state index in [1.807, 2.05) is 232 Å². The minimum absolute atomic E-state index is 0.112. The van der Waals surface area contributed by atoms with Gasteiger partial charge in [-0.25, -0.2) is 16.2 Å². The van der Waals surface area contributed by atoms with Crippen molar-refractivity contribution in [1.29, 1.82) is 0 Å². The molecule has 602 valence electrons. The number of ether oxygens (including phenoxy) is 6. The first-order chi connectivity index (χ1) is 52.0. The molecule has 6 N–H and O–H groups in total. The number of hydrogen-bond donors (Lipinski definition) is 5. The van der Waals surface area contributed by atoms with Gasteiger partial charge >= 0.3 is 48.0 Å². The van der Waals surface area contributed by atoms with Crippen molar-refractivity contribution in [3.8, 4) is 0 Å².